The van der Waals surface area contributed by atoms with E-state index in [2.05, 4.69) is 10.1 Å². The highest BCUT2D eigenvalue weighted by Crippen LogP contribution is 2.35. The van der Waals surface area contributed by atoms with E-state index in [1.54, 1.807) is 0 Å². The van der Waals surface area contributed by atoms with Crippen molar-refractivity contribution in [2.75, 3.05) is 13.7 Å². The molecule has 1 amide bonds. The molecule has 0 unspecified atom stereocenters. The monoisotopic (exact) mass is 334 g/mol. The van der Waals surface area contributed by atoms with Crippen LogP contribution >= 0.6 is 0 Å². The number of hydrogen-bond acceptors (Lipinski definition) is 6. The number of nitrogens with zero attached hydrogens (tertiary/aromatic N) is 1. The number of carboxylic acid groups (broad SMARTS) is 1. The fourth-order valence-electron chi connectivity index (χ4n) is 1.61. The summed E-state index contributed by atoms with van der Waals surface area (Å²) < 4.78 is 33.4. The largest absolute Gasteiger partial charge is 0.493 e. The van der Waals surface area contributed by atoms with Crippen molar-refractivity contribution >= 4 is 17.6 Å². The first-order valence-corrected chi connectivity index (χ1v) is 6.07. The number of rotatable bonds is 8. The highest BCUT2D eigenvalue weighted by atomic mass is 19.3. The van der Waals surface area contributed by atoms with Gasteiger partial charge in [-0.2, -0.15) is 8.78 Å². The number of amides is 1. The van der Waals surface area contributed by atoms with Crippen molar-refractivity contribution in [2.45, 2.75) is 13.0 Å². The van der Waals surface area contributed by atoms with Gasteiger partial charge in [0.2, 0.25) is 0 Å². The summed E-state index contributed by atoms with van der Waals surface area (Å²) in [4.78, 5) is 32.3. The molecule has 0 aliphatic rings. The molecule has 0 aliphatic heterocycles. The average Bonchev–Trinajstić information content (AvgIpc) is 2.45. The van der Waals surface area contributed by atoms with Gasteiger partial charge in [0.15, 0.2) is 11.5 Å². The van der Waals surface area contributed by atoms with Crippen LogP contribution in [0.25, 0.3) is 0 Å². The molecular weight excluding hydrogens is 322 g/mol. The maximum absolute atomic E-state index is 12.3. The zero-order valence-electron chi connectivity index (χ0n) is 11.7. The molecule has 0 radical (unpaired) electrons. The SMILES string of the molecule is COc1cc(C(=O)NCCC(=O)O)c([N+](=O)[O-])cc1OC(F)F. The van der Waals surface area contributed by atoms with Crippen molar-refractivity contribution < 1.29 is 37.9 Å². The van der Waals surface area contributed by atoms with Gasteiger partial charge in [0.1, 0.15) is 5.56 Å². The standard InChI is InChI=1S/C12H12F2N2O7/c1-22-8-4-6(11(19)15-3-2-10(17)18)7(16(20)21)5-9(8)23-12(13)14/h4-5,12H,2-3H2,1H3,(H,15,19)(H,17,18). The highest BCUT2D eigenvalue weighted by molar-refractivity contribution is 5.99. The Morgan fingerprint density at radius 2 is 2.04 bits per heavy atom. The summed E-state index contributed by atoms with van der Waals surface area (Å²) in [6.07, 6.45) is -0.386. The summed E-state index contributed by atoms with van der Waals surface area (Å²) in [5, 5.41) is 21.6. The van der Waals surface area contributed by atoms with E-state index in [1.807, 2.05) is 0 Å². The summed E-state index contributed by atoms with van der Waals surface area (Å²) in [5.74, 6) is -3.02. The van der Waals surface area contributed by atoms with Crippen LogP contribution in [0.2, 0.25) is 0 Å². The molecule has 0 saturated carbocycles. The number of hydrogen-bond donors (Lipinski definition) is 2. The van der Waals surface area contributed by atoms with Crippen LogP contribution < -0.4 is 14.8 Å². The lowest BCUT2D eigenvalue weighted by Gasteiger charge is -2.12. The molecule has 1 aromatic rings. The lowest BCUT2D eigenvalue weighted by Crippen LogP contribution is -2.26. The van der Waals surface area contributed by atoms with Gasteiger partial charge in [-0.15, -0.1) is 0 Å². The number of aliphatic carboxylic acids is 1. The Morgan fingerprint density at radius 1 is 1.39 bits per heavy atom. The Balaban J connectivity index is 3.16. The third kappa shape index (κ3) is 5.05. The van der Waals surface area contributed by atoms with Crippen LogP contribution in [-0.2, 0) is 4.79 Å². The van der Waals surface area contributed by atoms with E-state index < -0.39 is 40.4 Å². The summed E-state index contributed by atoms with van der Waals surface area (Å²) in [6, 6.07) is 1.50. The zero-order chi connectivity index (χ0) is 17.6. The molecule has 1 aromatic carbocycles. The zero-order valence-corrected chi connectivity index (χ0v) is 11.7. The molecule has 1 rings (SSSR count). The van der Waals surface area contributed by atoms with Crippen LogP contribution in [-0.4, -0.2) is 42.2 Å². The van der Waals surface area contributed by atoms with E-state index in [0.717, 1.165) is 13.2 Å². The molecule has 0 spiro atoms. The van der Waals surface area contributed by atoms with Gasteiger partial charge in [-0.3, -0.25) is 19.7 Å². The third-order valence-electron chi connectivity index (χ3n) is 2.56. The predicted octanol–water partition coefficient (Wildman–Crippen LogP) is 1.41. The number of methoxy groups -OCH3 is 1. The van der Waals surface area contributed by atoms with E-state index in [-0.39, 0.29) is 18.7 Å². The minimum absolute atomic E-state index is 0.261. The molecule has 2 N–H and O–H groups in total. The predicted molar refractivity (Wildman–Crippen MR) is 70.9 cm³/mol. The molecule has 0 aromatic heterocycles. The Morgan fingerprint density at radius 3 is 2.52 bits per heavy atom. The Hall–Kier alpha value is -2.98. The third-order valence-corrected chi connectivity index (χ3v) is 2.56. The van der Waals surface area contributed by atoms with Crippen molar-refractivity contribution in [2.24, 2.45) is 0 Å². The minimum atomic E-state index is -3.24. The minimum Gasteiger partial charge on any atom is -0.493 e. The van der Waals surface area contributed by atoms with Crippen molar-refractivity contribution in [3.8, 4) is 11.5 Å². The first kappa shape index (κ1) is 18.1. The summed E-state index contributed by atoms with van der Waals surface area (Å²) in [7, 11) is 1.10. The molecule has 126 valence electrons. The summed E-state index contributed by atoms with van der Waals surface area (Å²) in [5.41, 5.74) is -1.26. The Labute approximate surface area is 127 Å². The fourth-order valence-corrected chi connectivity index (χ4v) is 1.61. The number of carbonyl (C=O) groups is 2. The first-order chi connectivity index (χ1) is 10.8. The van der Waals surface area contributed by atoms with Crippen molar-refractivity contribution in [3.63, 3.8) is 0 Å². The maximum atomic E-state index is 12.3. The highest BCUT2D eigenvalue weighted by Gasteiger charge is 2.25. The van der Waals surface area contributed by atoms with Crippen molar-refractivity contribution in [1.29, 1.82) is 0 Å². The maximum Gasteiger partial charge on any atom is 0.387 e. The van der Waals surface area contributed by atoms with Crippen LogP contribution in [0, 0.1) is 10.1 Å². The van der Waals surface area contributed by atoms with Gasteiger partial charge >= 0.3 is 12.6 Å². The van der Waals surface area contributed by atoms with Crippen LogP contribution in [0.5, 0.6) is 11.5 Å². The smallest absolute Gasteiger partial charge is 0.387 e. The summed E-state index contributed by atoms with van der Waals surface area (Å²) in [6.45, 7) is -3.50. The van der Waals surface area contributed by atoms with Gasteiger partial charge in [-0.1, -0.05) is 0 Å². The number of nitro benzene ring substituents is 1. The lowest BCUT2D eigenvalue weighted by molar-refractivity contribution is -0.385. The lowest BCUT2D eigenvalue weighted by atomic mass is 10.1. The van der Waals surface area contributed by atoms with Gasteiger partial charge in [-0.25, -0.2) is 0 Å². The van der Waals surface area contributed by atoms with Crippen LogP contribution in [0.15, 0.2) is 12.1 Å². The average molecular weight is 334 g/mol. The fraction of sp³-hybridized carbons (Fsp3) is 0.333. The first-order valence-electron chi connectivity index (χ1n) is 6.07. The number of carbonyl (C=O) groups excluding carboxylic acids is 1. The molecule has 0 aliphatic carbocycles. The number of benzene rings is 1. The molecule has 0 heterocycles. The van der Waals surface area contributed by atoms with Crippen molar-refractivity contribution in [3.05, 3.63) is 27.8 Å². The van der Waals surface area contributed by atoms with Crippen LogP contribution in [0.4, 0.5) is 14.5 Å². The van der Waals surface area contributed by atoms with E-state index >= 15 is 0 Å². The molecule has 23 heavy (non-hydrogen) atoms. The molecular formula is C12H12F2N2O7. The number of ether oxygens (including phenoxy) is 2. The van der Waals surface area contributed by atoms with E-state index in [4.69, 9.17) is 9.84 Å². The van der Waals surface area contributed by atoms with Crippen LogP contribution in [0.1, 0.15) is 16.8 Å². The Bertz CT molecular complexity index is 622. The second-order valence-electron chi connectivity index (χ2n) is 4.06. The van der Waals surface area contributed by atoms with Gasteiger partial charge < -0.3 is 19.9 Å². The second-order valence-corrected chi connectivity index (χ2v) is 4.06. The van der Waals surface area contributed by atoms with Gasteiger partial charge in [-0.05, 0) is 0 Å². The molecule has 11 heteroatoms. The Kier molecular flexibility index (Phi) is 6.18. The van der Waals surface area contributed by atoms with E-state index in [1.165, 1.54) is 0 Å². The van der Waals surface area contributed by atoms with E-state index in [9.17, 15) is 28.5 Å². The number of nitrogens with one attached hydrogen (secondary N) is 1. The molecule has 0 atom stereocenters. The molecule has 0 saturated heterocycles. The van der Waals surface area contributed by atoms with Crippen molar-refractivity contribution in [1.82, 2.24) is 5.32 Å². The van der Waals surface area contributed by atoms with Gasteiger partial charge in [0.05, 0.1) is 24.5 Å². The van der Waals surface area contributed by atoms with Gasteiger partial charge in [0, 0.05) is 12.6 Å². The quantitative estimate of drug-likeness (QED) is 0.543. The normalized spacial score (nSPS) is 10.3. The summed E-state index contributed by atoms with van der Waals surface area (Å²) >= 11 is 0. The van der Waals surface area contributed by atoms with E-state index in [0.29, 0.717) is 6.07 Å². The van der Waals surface area contributed by atoms with Crippen LogP contribution in [0.3, 0.4) is 0 Å². The molecule has 0 bridgehead atoms. The molecule has 9 nitrogen and oxygen atoms in total. The number of nitro groups is 1. The number of alkyl halides is 2. The topological polar surface area (TPSA) is 128 Å². The number of halogens is 2. The van der Waals surface area contributed by atoms with Gasteiger partial charge in [0.25, 0.3) is 11.6 Å². The number of carboxylic acids is 1. The second kappa shape index (κ2) is 7.87. The molecule has 0 fully saturated rings.